The van der Waals surface area contributed by atoms with Gasteiger partial charge in [0, 0.05) is 17.3 Å². The van der Waals surface area contributed by atoms with Crippen LogP contribution in [0.15, 0.2) is 42.5 Å². The molecule has 2 aromatic rings. The van der Waals surface area contributed by atoms with Crippen LogP contribution >= 0.6 is 0 Å². The molecular formula is C22H25N2O6+. The third-order valence-corrected chi connectivity index (χ3v) is 5.14. The molecule has 1 saturated heterocycles. The van der Waals surface area contributed by atoms with Crippen molar-refractivity contribution in [1.82, 2.24) is 0 Å². The van der Waals surface area contributed by atoms with Crippen LogP contribution < -0.4 is 19.7 Å². The van der Waals surface area contributed by atoms with Gasteiger partial charge < -0.3 is 29.2 Å². The molecule has 4 rings (SSSR count). The molecule has 0 unspecified atom stereocenters. The Morgan fingerprint density at radius 3 is 2.57 bits per heavy atom. The van der Waals surface area contributed by atoms with E-state index in [0.29, 0.717) is 22.7 Å². The van der Waals surface area contributed by atoms with E-state index in [4.69, 9.17) is 18.9 Å². The maximum atomic E-state index is 12.4. The van der Waals surface area contributed by atoms with E-state index in [1.54, 1.807) is 30.3 Å². The predicted molar refractivity (Wildman–Crippen MR) is 108 cm³/mol. The molecule has 30 heavy (non-hydrogen) atoms. The maximum Gasteiger partial charge on any atom is 0.338 e. The molecule has 1 amide bonds. The number of fused-ring (bicyclic) bond motifs is 1. The Morgan fingerprint density at radius 2 is 1.80 bits per heavy atom. The van der Waals surface area contributed by atoms with E-state index in [-0.39, 0.29) is 6.79 Å². The van der Waals surface area contributed by atoms with Crippen LogP contribution in [0, 0.1) is 0 Å². The number of rotatable bonds is 6. The highest BCUT2D eigenvalue weighted by atomic mass is 16.7. The molecule has 1 fully saturated rings. The SMILES string of the molecule is C[C@H](OC(=O)c1ccc(C[NH+]2CCOCC2)cc1)C(=O)Nc1ccc2c(c1)OCO2. The van der Waals surface area contributed by atoms with Crippen LogP contribution in [0.25, 0.3) is 0 Å². The van der Waals surface area contributed by atoms with Gasteiger partial charge in [-0.15, -0.1) is 0 Å². The van der Waals surface area contributed by atoms with Crippen molar-refractivity contribution in [3.8, 4) is 11.5 Å². The molecule has 2 aliphatic heterocycles. The number of carbonyl (C=O) groups is 2. The van der Waals surface area contributed by atoms with Gasteiger partial charge in [0.1, 0.15) is 19.6 Å². The van der Waals surface area contributed by atoms with Crippen LogP contribution in [0.1, 0.15) is 22.8 Å². The monoisotopic (exact) mass is 413 g/mol. The summed E-state index contributed by atoms with van der Waals surface area (Å²) >= 11 is 0. The minimum Gasteiger partial charge on any atom is -0.454 e. The third-order valence-electron chi connectivity index (χ3n) is 5.14. The molecule has 0 aliphatic carbocycles. The summed E-state index contributed by atoms with van der Waals surface area (Å²) in [6.45, 7) is 6.13. The summed E-state index contributed by atoms with van der Waals surface area (Å²) in [5.74, 6) is 0.242. The van der Waals surface area contributed by atoms with Gasteiger partial charge in [-0.25, -0.2) is 4.79 Å². The first-order chi connectivity index (χ1) is 14.6. The number of quaternary nitrogens is 1. The van der Waals surface area contributed by atoms with Gasteiger partial charge in [-0.3, -0.25) is 4.79 Å². The van der Waals surface area contributed by atoms with E-state index in [2.05, 4.69) is 5.32 Å². The molecule has 2 aliphatic rings. The zero-order valence-corrected chi connectivity index (χ0v) is 16.8. The minimum absolute atomic E-state index is 0.160. The summed E-state index contributed by atoms with van der Waals surface area (Å²) in [7, 11) is 0. The van der Waals surface area contributed by atoms with Crippen LogP contribution in [0.2, 0.25) is 0 Å². The number of morpholine rings is 1. The quantitative estimate of drug-likeness (QED) is 0.688. The number of hydrogen-bond acceptors (Lipinski definition) is 6. The van der Waals surface area contributed by atoms with Gasteiger partial charge in [0.25, 0.3) is 5.91 Å². The van der Waals surface area contributed by atoms with Crippen LogP contribution in [0.5, 0.6) is 11.5 Å². The van der Waals surface area contributed by atoms with Crippen molar-refractivity contribution in [3.05, 3.63) is 53.6 Å². The predicted octanol–water partition coefficient (Wildman–Crippen LogP) is 1.01. The minimum atomic E-state index is -0.944. The van der Waals surface area contributed by atoms with Crippen LogP contribution in [0.3, 0.4) is 0 Å². The highest BCUT2D eigenvalue weighted by Crippen LogP contribution is 2.34. The molecule has 0 bridgehead atoms. The van der Waals surface area contributed by atoms with E-state index in [1.165, 1.54) is 11.8 Å². The Morgan fingerprint density at radius 1 is 1.07 bits per heavy atom. The molecule has 2 heterocycles. The number of hydrogen-bond donors (Lipinski definition) is 2. The average molecular weight is 413 g/mol. The van der Waals surface area contributed by atoms with Gasteiger partial charge in [-0.05, 0) is 31.2 Å². The third kappa shape index (κ3) is 4.90. The first-order valence-electron chi connectivity index (χ1n) is 10.0. The lowest BCUT2D eigenvalue weighted by Crippen LogP contribution is -3.12. The highest BCUT2D eigenvalue weighted by molar-refractivity contribution is 5.97. The fourth-order valence-corrected chi connectivity index (χ4v) is 3.38. The largest absolute Gasteiger partial charge is 0.454 e. The van der Waals surface area contributed by atoms with Crippen molar-refractivity contribution in [2.75, 3.05) is 38.4 Å². The van der Waals surface area contributed by atoms with E-state index in [0.717, 1.165) is 38.4 Å². The van der Waals surface area contributed by atoms with Crippen molar-refractivity contribution in [2.24, 2.45) is 0 Å². The fraction of sp³-hybridized carbons (Fsp3) is 0.364. The van der Waals surface area contributed by atoms with Gasteiger partial charge in [-0.2, -0.15) is 0 Å². The fourth-order valence-electron chi connectivity index (χ4n) is 3.38. The standard InChI is InChI=1S/C22H24N2O6/c1-15(21(25)23-18-6-7-19-20(12-18)29-14-28-19)30-22(26)17-4-2-16(3-5-17)13-24-8-10-27-11-9-24/h2-7,12,15H,8-11,13-14H2,1H3,(H,23,25)/p+1/t15-/m0/s1. The summed E-state index contributed by atoms with van der Waals surface area (Å²) in [6, 6.07) is 12.4. The van der Waals surface area contributed by atoms with Gasteiger partial charge in [0.2, 0.25) is 6.79 Å². The van der Waals surface area contributed by atoms with E-state index < -0.39 is 18.0 Å². The van der Waals surface area contributed by atoms with Gasteiger partial charge in [0.15, 0.2) is 17.6 Å². The van der Waals surface area contributed by atoms with Crippen molar-refractivity contribution in [3.63, 3.8) is 0 Å². The zero-order chi connectivity index (χ0) is 20.9. The van der Waals surface area contributed by atoms with Crippen molar-refractivity contribution in [1.29, 1.82) is 0 Å². The summed E-state index contributed by atoms with van der Waals surface area (Å²) < 4.78 is 21.2. The van der Waals surface area contributed by atoms with Crippen LogP contribution in [-0.4, -0.2) is 51.1 Å². The second-order valence-electron chi connectivity index (χ2n) is 7.34. The van der Waals surface area contributed by atoms with E-state index in [9.17, 15) is 9.59 Å². The number of ether oxygens (including phenoxy) is 4. The van der Waals surface area contributed by atoms with Crippen molar-refractivity contribution >= 4 is 17.6 Å². The summed E-state index contributed by atoms with van der Waals surface area (Å²) in [5.41, 5.74) is 2.11. The molecule has 0 aromatic heterocycles. The van der Waals surface area contributed by atoms with Gasteiger partial charge in [0.05, 0.1) is 18.8 Å². The molecule has 0 saturated carbocycles. The van der Waals surface area contributed by atoms with Crippen molar-refractivity contribution in [2.45, 2.75) is 19.6 Å². The number of benzene rings is 2. The normalized spacial score (nSPS) is 16.7. The number of anilines is 1. The highest BCUT2D eigenvalue weighted by Gasteiger charge is 2.21. The second-order valence-corrected chi connectivity index (χ2v) is 7.34. The molecule has 1 atom stereocenters. The number of esters is 1. The van der Waals surface area contributed by atoms with Crippen LogP contribution in [0.4, 0.5) is 5.69 Å². The number of amides is 1. The molecule has 2 N–H and O–H groups in total. The number of carbonyl (C=O) groups excluding carboxylic acids is 2. The first-order valence-corrected chi connectivity index (χ1v) is 10.0. The molecule has 158 valence electrons. The topological polar surface area (TPSA) is 87.5 Å². The molecular weight excluding hydrogens is 388 g/mol. The van der Waals surface area contributed by atoms with Crippen LogP contribution in [-0.2, 0) is 20.8 Å². The lowest BCUT2D eigenvalue weighted by molar-refractivity contribution is -0.921. The second kappa shape index (κ2) is 9.15. The summed E-state index contributed by atoms with van der Waals surface area (Å²) in [5, 5.41) is 2.72. The smallest absolute Gasteiger partial charge is 0.338 e. The van der Waals surface area contributed by atoms with E-state index >= 15 is 0 Å². The number of nitrogens with one attached hydrogen (secondary N) is 2. The lowest BCUT2D eigenvalue weighted by Gasteiger charge is -2.23. The Bertz CT molecular complexity index is 908. The lowest BCUT2D eigenvalue weighted by atomic mass is 10.1. The average Bonchev–Trinajstić information content (AvgIpc) is 3.23. The van der Waals surface area contributed by atoms with Crippen molar-refractivity contribution < 1.29 is 33.4 Å². The van der Waals surface area contributed by atoms with Gasteiger partial charge in [-0.1, -0.05) is 12.1 Å². The molecule has 2 aromatic carbocycles. The summed E-state index contributed by atoms with van der Waals surface area (Å²) in [4.78, 5) is 26.3. The maximum absolute atomic E-state index is 12.4. The Labute approximate surface area is 174 Å². The Kier molecular flexibility index (Phi) is 6.15. The molecule has 8 heteroatoms. The Balaban J connectivity index is 1.29. The molecule has 0 radical (unpaired) electrons. The Hall–Kier alpha value is -3.10. The molecule has 0 spiro atoms. The summed E-state index contributed by atoms with van der Waals surface area (Å²) in [6.07, 6.45) is -0.944. The van der Waals surface area contributed by atoms with E-state index in [1.807, 2.05) is 12.1 Å². The zero-order valence-electron chi connectivity index (χ0n) is 16.8. The van der Waals surface area contributed by atoms with Gasteiger partial charge >= 0.3 is 5.97 Å². The molecule has 8 nitrogen and oxygen atoms in total. The first kappa shape index (κ1) is 20.2.